The van der Waals surface area contributed by atoms with Crippen LogP contribution in [0.15, 0.2) is 0 Å². The van der Waals surface area contributed by atoms with E-state index in [2.05, 4.69) is 0 Å². The summed E-state index contributed by atoms with van der Waals surface area (Å²) < 4.78 is 0. The Bertz CT molecular complexity index is 720. The molecule has 12 saturated carbocycles. The first-order valence-corrected chi connectivity index (χ1v) is 13.0. The molecule has 0 saturated heterocycles. The van der Waals surface area contributed by atoms with Gasteiger partial charge < -0.3 is 0 Å². The van der Waals surface area contributed by atoms with E-state index in [1.54, 1.807) is 25.7 Å². The fourth-order valence-electron chi connectivity index (χ4n) is 15.6. The van der Waals surface area contributed by atoms with E-state index >= 15 is 0 Å². The van der Waals surface area contributed by atoms with Crippen molar-refractivity contribution in [1.29, 1.82) is 0 Å². The maximum absolute atomic E-state index is 1.65. The molecule has 12 rings (SSSR count). The zero-order valence-electron chi connectivity index (χ0n) is 15.5. The van der Waals surface area contributed by atoms with Crippen LogP contribution in [0.1, 0.15) is 25.7 Å². The predicted octanol–water partition coefficient (Wildman–Crippen LogP) is 4.27. The highest BCUT2D eigenvalue weighted by atomic mass is 15.0. The molecule has 0 spiro atoms. The van der Waals surface area contributed by atoms with Crippen LogP contribution in [-0.2, 0) is 0 Å². The Morgan fingerprint density at radius 3 is 0.500 bits per heavy atom. The molecule has 0 amide bonds. The average Bonchev–Trinajstić information content (AvgIpc) is 2.55. The standard InChI is InChI=1S/C26H30/c1-2-6-5(1)9-10(6)14-13(9)17-18(14)22-21(17)25-23-19-15-11-7-3-4-8(7)12(11)16(15)20(19)24(23)26(22)25/h5-26H,1-4H2. The summed E-state index contributed by atoms with van der Waals surface area (Å²) in [6.45, 7) is 0. The minimum Gasteiger partial charge on any atom is -0.0496 e. The van der Waals surface area contributed by atoms with E-state index in [0.29, 0.717) is 0 Å². The minimum atomic E-state index is 1.27. The molecule has 26 heavy (non-hydrogen) atoms. The number of hydrogen-bond donors (Lipinski definition) is 0. The SMILES string of the molecule is C1CC2C1C1C2C2C1C1C2C2C1C1C3C4C5C6C7CCC7C6C5C4C3C21. The Labute approximate surface area is 156 Å². The van der Waals surface area contributed by atoms with Gasteiger partial charge in [-0.3, -0.25) is 0 Å². The molecular weight excluding hydrogens is 312 g/mol. The van der Waals surface area contributed by atoms with Crippen LogP contribution in [0, 0.1) is 130 Å². The first-order valence-electron chi connectivity index (χ1n) is 13.0. The van der Waals surface area contributed by atoms with E-state index in [0.717, 1.165) is 0 Å². The van der Waals surface area contributed by atoms with E-state index in [-0.39, 0.29) is 0 Å². The van der Waals surface area contributed by atoms with Gasteiger partial charge in [-0.2, -0.15) is 0 Å². The van der Waals surface area contributed by atoms with Crippen LogP contribution in [0.5, 0.6) is 0 Å². The van der Waals surface area contributed by atoms with Crippen molar-refractivity contribution in [3.8, 4) is 0 Å². The van der Waals surface area contributed by atoms with Gasteiger partial charge in [0.15, 0.2) is 0 Å². The molecule has 12 aliphatic rings. The van der Waals surface area contributed by atoms with Gasteiger partial charge in [0.05, 0.1) is 0 Å². The van der Waals surface area contributed by atoms with Crippen molar-refractivity contribution in [2.24, 2.45) is 130 Å². The van der Waals surface area contributed by atoms with Gasteiger partial charge in [-0.05, 0) is 156 Å². The normalized spacial score (nSPS) is 95.1. The molecule has 12 aliphatic carbocycles. The highest BCUT2D eigenvalue weighted by Crippen LogP contribution is 2.97. The van der Waals surface area contributed by atoms with Crippen molar-refractivity contribution in [3.05, 3.63) is 0 Å². The van der Waals surface area contributed by atoms with Gasteiger partial charge in [0.2, 0.25) is 0 Å². The first kappa shape index (κ1) is 11.9. The second-order valence-corrected chi connectivity index (χ2v) is 14.2. The zero-order valence-corrected chi connectivity index (χ0v) is 15.5. The molecule has 0 aromatic carbocycles. The first-order chi connectivity index (χ1) is 13.0. The van der Waals surface area contributed by atoms with Crippen LogP contribution in [0.4, 0.5) is 0 Å². The van der Waals surface area contributed by atoms with Crippen LogP contribution in [0.3, 0.4) is 0 Å². The maximum Gasteiger partial charge on any atom is -0.0312 e. The van der Waals surface area contributed by atoms with Crippen LogP contribution < -0.4 is 0 Å². The highest BCUT2D eigenvalue weighted by Gasteiger charge is 2.94. The van der Waals surface area contributed by atoms with Gasteiger partial charge in [-0.25, -0.2) is 0 Å². The molecule has 12 fully saturated rings. The molecule has 0 heteroatoms. The molecule has 0 aromatic rings. The fraction of sp³-hybridized carbons (Fsp3) is 1.00. The van der Waals surface area contributed by atoms with Gasteiger partial charge in [-0.1, -0.05) is 0 Å². The van der Waals surface area contributed by atoms with E-state index in [9.17, 15) is 0 Å². The number of hydrogen-bond acceptors (Lipinski definition) is 0. The number of fused-ring (bicyclic) bond motifs is 31. The Hall–Kier alpha value is 0. The van der Waals surface area contributed by atoms with E-state index in [1.165, 1.54) is 130 Å². The summed E-state index contributed by atoms with van der Waals surface area (Å²) >= 11 is 0. The molecule has 0 nitrogen and oxygen atoms in total. The molecule has 0 N–H and O–H groups in total. The lowest BCUT2D eigenvalue weighted by atomic mass is 9.06. The van der Waals surface area contributed by atoms with Crippen molar-refractivity contribution < 1.29 is 0 Å². The summed E-state index contributed by atoms with van der Waals surface area (Å²) in [5, 5.41) is 0. The van der Waals surface area contributed by atoms with Crippen molar-refractivity contribution in [2.45, 2.75) is 25.7 Å². The van der Waals surface area contributed by atoms with Gasteiger partial charge >= 0.3 is 0 Å². The van der Waals surface area contributed by atoms with Crippen molar-refractivity contribution >= 4 is 0 Å². The number of rotatable bonds is 0. The van der Waals surface area contributed by atoms with Crippen LogP contribution in [0.25, 0.3) is 0 Å². The smallest absolute Gasteiger partial charge is 0.0312 e. The molecule has 20 atom stereocenters. The second kappa shape index (κ2) is 2.94. The summed E-state index contributed by atoms with van der Waals surface area (Å²) in [5.41, 5.74) is 0. The Balaban J connectivity index is 0.887. The lowest BCUT2D eigenvalue weighted by molar-refractivity contribution is -0.514. The summed E-state index contributed by atoms with van der Waals surface area (Å²) in [6, 6.07) is 0. The molecule has 0 aromatic heterocycles. The summed E-state index contributed by atoms with van der Waals surface area (Å²) in [5.74, 6) is 28.7. The third-order valence-corrected chi connectivity index (χ3v) is 15.9. The quantitative estimate of drug-likeness (QED) is 0.577. The molecule has 0 radical (unpaired) electrons. The molecule has 20 unspecified atom stereocenters. The van der Waals surface area contributed by atoms with Crippen molar-refractivity contribution in [1.82, 2.24) is 0 Å². The van der Waals surface area contributed by atoms with E-state index < -0.39 is 0 Å². The molecule has 0 aliphatic heterocycles. The highest BCUT2D eigenvalue weighted by molar-refractivity contribution is 5.40. The van der Waals surface area contributed by atoms with Gasteiger partial charge in [0.1, 0.15) is 0 Å². The molecular formula is C26H30. The zero-order chi connectivity index (χ0) is 15.5. The Morgan fingerprint density at radius 1 is 0.192 bits per heavy atom. The van der Waals surface area contributed by atoms with Crippen LogP contribution in [0.2, 0.25) is 0 Å². The monoisotopic (exact) mass is 342 g/mol. The lowest BCUT2D eigenvalue weighted by Gasteiger charge is -2.98. The van der Waals surface area contributed by atoms with Crippen molar-refractivity contribution in [3.63, 3.8) is 0 Å². The third kappa shape index (κ3) is 0.707. The largest absolute Gasteiger partial charge is 0.0496 e. The van der Waals surface area contributed by atoms with E-state index in [1.807, 2.05) is 0 Å². The Morgan fingerprint density at radius 2 is 0.346 bits per heavy atom. The predicted molar refractivity (Wildman–Crippen MR) is 95.2 cm³/mol. The topological polar surface area (TPSA) is 0 Å². The average molecular weight is 343 g/mol. The third-order valence-electron chi connectivity index (χ3n) is 15.9. The Kier molecular flexibility index (Phi) is 1.34. The summed E-state index contributed by atoms with van der Waals surface area (Å²) in [4.78, 5) is 0. The lowest BCUT2D eigenvalue weighted by Crippen LogP contribution is -2.95. The summed E-state index contributed by atoms with van der Waals surface area (Å²) in [7, 11) is 0. The van der Waals surface area contributed by atoms with Crippen LogP contribution >= 0.6 is 0 Å². The van der Waals surface area contributed by atoms with Gasteiger partial charge in [0, 0.05) is 0 Å². The molecule has 0 bridgehead atoms. The van der Waals surface area contributed by atoms with E-state index in [4.69, 9.17) is 0 Å². The van der Waals surface area contributed by atoms with Gasteiger partial charge in [0.25, 0.3) is 0 Å². The maximum atomic E-state index is 1.65. The van der Waals surface area contributed by atoms with Gasteiger partial charge in [-0.15, -0.1) is 0 Å². The second-order valence-electron chi connectivity index (χ2n) is 14.2. The van der Waals surface area contributed by atoms with Crippen LogP contribution in [-0.4, -0.2) is 0 Å². The van der Waals surface area contributed by atoms with Crippen molar-refractivity contribution in [2.75, 3.05) is 0 Å². The fourth-order valence-corrected chi connectivity index (χ4v) is 15.6. The molecule has 0 heterocycles. The molecule has 134 valence electrons. The minimum absolute atomic E-state index is 1.27. The summed E-state index contributed by atoms with van der Waals surface area (Å²) in [6.07, 6.45) is 6.59.